The van der Waals surface area contributed by atoms with Crippen molar-refractivity contribution in [2.75, 3.05) is 0 Å². The van der Waals surface area contributed by atoms with Gasteiger partial charge in [-0.3, -0.25) is 0 Å². The van der Waals surface area contributed by atoms with Gasteiger partial charge in [-0.1, -0.05) is 26.0 Å². The first-order valence-corrected chi connectivity index (χ1v) is 3.55. The first kappa shape index (κ1) is 8.70. The van der Waals surface area contributed by atoms with Gasteiger partial charge in [-0.15, -0.1) is 0 Å². The monoisotopic (exact) mass is 127 g/mol. The Balaban J connectivity index is 3.25. The summed E-state index contributed by atoms with van der Waals surface area (Å²) in [5.41, 5.74) is 5.53. The second-order valence-corrected chi connectivity index (χ2v) is 2.89. The summed E-state index contributed by atoms with van der Waals surface area (Å²) in [7, 11) is 0. The van der Waals surface area contributed by atoms with Gasteiger partial charge in [0.2, 0.25) is 0 Å². The van der Waals surface area contributed by atoms with Crippen LogP contribution in [-0.2, 0) is 0 Å². The second kappa shape index (κ2) is 4.57. The lowest BCUT2D eigenvalue weighted by Crippen LogP contribution is -2.12. The quantitative estimate of drug-likeness (QED) is 0.576. The van der Waals surface area contributed by atoms with Gasteiger partial charge < -0.3 is 5.73 Å². The van der Waals surface area contributed by atoms with E-state index in [1.54, 1.807) is 0 Å². The zero-order valence-corrected chi connectivity index (χ0v) is 6.59. The molecule has 0 aliphatic carbocycles. The largest absolute Gasteiger partial charge is 0.328 e. The standard InChI is InChI=1S/C8H17N/c1-7(2)5-4-6-8(3)9/h4-5,7-8H,6,9H2,1-3H3/b5-4-. The van der Waals surface area contributed by atoms with Gasteiger partial charge in [0.15, 0.2) is 0 Å². The van der Waals surface area contributed by atoms with Crippen LogP contribution in [0.15, 0.2) is 12.2 Å². The van der Waals surface area contributed by atoms with E-state index in [2.05, 4.69) is 26.0 Å². The van der Waals surface area contributed by atoms with Gasteiger partial charge in [-0.2, -0.15) is 0 Å². The van der Waals surface area contributed by atoms with E-state index in [-0.39, 0.29) is 0 Å². The Kier molecular flexibility index (Phi) is 4.41. The third-order valence-corrected chi connectivity index (χ3v) is 1.03. The maximum Gasteiger partial charge on any atom is 0.00450 e. The lowest BCUT2D eigenvalue weighted by atomic mass is 10.1. The molecule has 0 amide bonds. The molecule has 0 saturated carbocycles. The van der Waals surface area contributed by atoms with Gasteiger partial charge in [-0.25, -0.2) is 0 Å². The highest BCUT2D eigenvalue weighted by Crippen LogP contribution is 1.96. The van der Waals surface area contributed by atoms with Crippen molar-refractivity contribution in [1.82, 2.24) is 0 Å². The predicted octanol–water partition coefficient (Wildman–Crippen LogP) is 1.94. The molecule has 9 heavy (non-hydrogen) atoms. The fraction of sp³-hybridized carbons (Fsp3) is 0.750. The summed E-state index contributed by atoms with van der Waals surface area (Å²) in [4.78, 5) is 0. The molecule has 2 N–H and O–H groups in total. The molecule has 0 aromatic carbocycles. The molecule has 0 aliphatic heterocycles. The van der Waals surface area contributed by atoms with Gasteiger partial charge in [-0.05, 0) is 19.3 Å². The number of rotatable bonds is 3. The maximum atomic E-state index is 5.53. The summed E-state index contributed by atoms with van der Waals surface area (Å²) < 4.78 is 0. The van der Waals surface area contributed by atoms with Crippen molar-refractivity contribution >= 4 is 0 Å². The van der Waals surface area contributed by atoms with Crippen molar-refractivity contribution in [1.29, 1.82) is 0 Å². The Morgan fingerprint density at radius 1 is 1.33 bits per heavy atom. The topological polar surface area (TPSA) is 26.0 Å². The predicted molar refractivity (Wildman–Crippen MR) is 42.2 cm³/mol. The highest BCUT2D eigenvalue weighted by molar-refractivity contribution is 4.86. The SMILES string of the molecule is CC(C)/C=C\CC(C)N. The lowest BCUT2D eigenvalue weighted by Gasteiger charge is -1.98. The zero-order valence-electron chi connectivity index (χ0n) is 6.59. The number of nitrogens with two attached hydrogens (primary N) is 1. The molecule has 0 aromatic heterocycles. The van der Waals surface area contributed by atoms with Crippen molar-refractivity contribution in [3.8, 4) is 0 Å². The highest BCUT2D eigenvalue weighted by Gasteiger charge is 1.87. The summed E-state index contributed by atoms with van der Waals surface area (Å²) >= 11 is 0. The molecule has 54 valence electrons. The minimum absolute atomic E-state index is 0.306. The van der Waals surface area contributed by atoms with Gasteiger partial charge in [0.25, 0.3) is 0 Å². The summed E-state index contributed by atoms with van der Waals surface area (Å²) in [6.07, 6.45) is 5.33. The highest BCUT2D eigenvalue weighted by atomic mass is 14.6. The van der Waals surface area contributed by atoms with Crippen LogP contribution >= 0.6 is 0 Å². The van der Waals surface area contributed by atoms with Crippen molar-refractivity contribution in [2.45, 2.75) is 33.2 Å². The van der Waals surface area contributed by atoms with E-state index >= 15 is 0 Å². The average Bonchev–Trinajstić information content (AvgIpc) is 1.63. The molecule has 0 saturated heterocycles. The van der Waals surface area contributed by atoms with Crippen LogP contribution in [0.3, 0.4) is 0 Å². The van der Waals surface area contributed by atoms with Gasteiger partial charge in [0, 0.05) is 6.04 Å². The first-order chi connectivity index (χ1) is 4.13. The van der Waals surface area contributed by atoms with Crippen LogP contribution in [0.4, 0.5) is 0 Å². The van der Waals surface area contributed by atoms with Crippen LogP contribution in [0.25, 0.3) is 0 Å². The van der Waals surface area contributed by atoms with E-state index in [1.807, 2.05) is 6.92 Å². The molecule has 0 radical (unpaired) electrons. The van der Waals surface area contributed by atoms with Crippen molar-refractivity contribution in [3.05, 3.63) is 12.2 Å². The first-order valence-electron chi connectivity index (χ1n) is 3.55. The van der Waals surface area contributed by atoms with Crippen LogP contribution in [0.2, 0.25) is 0 Å². The minimum Gasteiger partial charge on any atom is -0.328 e. The number of hydrogen-bond acceptors (Lipinski definition) is 1. The fourth-order valence-electron chi connectivity index (χ4n) is 0.565. The Bertz CT molecular complexity index is 82.6. The molecular weight excluding hydrogens is 110 g/mol. The lowest BCUT2D eigenvalue weighted by molar-refractivity contribution is 0.745. The fourth-order valence-corrected chi connectivity index (χ4v) is 0.565. The molecule has 0 heterocycles. The summed E-state index contributed by atoms with van der Waals surface area (Å²) in [5.74, 6) is 0.656. The molecule has 1 atom stereocenters. The Hall–Kier alpha value is -0.300. The molecule has 1 unspecified atom stereocenters. The molecule has 1 nitrogen and oxygen atoms in total. The van der Waals surface area contributed by atoms with Crippen LogP contribution in [0.1, 0.15) is 27.2 Å². The third-order valence-electron chi connectivity index (χ3n) is 1.03. The molecule has 0 rings (SSSR count). The molecule has 0 spiro atoms. The number of allylic oxidation sites excluding steroid dienone is 1. The van der Waals surface area contributed by atoms with E-state index in [9.17, 15) is 0 Å². The molecule has 0 fully saturated rings. The van der Waals surface area contributed by atoms with Gasteiger partial charge in [0.1, 0.15) is 0 Å². The molecular formula is C8H17N. The van der Waals surface area contributed by atoms with E-state index < -0.39 is 0 Å². The normalized spacial score (nSPS) is 15.2. The van der Waals surface area contributed by atoms with E-state index in [4.69, 9.17) is 5.73 Å². The molecule has 0 aliphatic rings. The van der Waals surface area contributed by atoms with Crippen molar-refractivity contribution in [2.24, 2.45) is 11.7 Å². The Morgan fingerprint density at radius 2 is 1.89 bits per heavy atom. The third kappa shape index (κ3) is 7.70. The van der Waals surface area contributed by atoms with Crippen molar-refractivity contribution in [3.63, 3.8) is 0 Å². The van der Waals surface area contributed by atoms with Crippen LogP contribution in [0, 0.1) is 5.92 Å². The van der Waals surface area contributed by atoms with Gasteiger partial charge >= 0.3 is 0 Å². The second-order valence-electron chi connectivity index (χ2n) is 2.89. The number of hydrogen-bond donors (Lipinski definition) is 1. The van der Waals surface area contributed by atoms with Crippen LogP contribution < -0.4 is 5.73 Å². The smallest absolute Gasteiger partial charge is 0.00450 e. The van der Waals surface area contributed by atoms with Crippen LogP contribution in [-0.4, -0.2) is 6.04 Å². The molecule has 0 aromatic rings. The maximum absolute atomic E-state index is 5.53. The van der Waals surface area contributed by atoms with E-state index in [0.717, 1.165) is 6.42 Å². The van der Waals surface area contributed by atoms with E-state index in [1.165, 1.54) is 0 Å². The van der Waals surface area contributed by atoms with E-state index in [0.29, 0.717) is 12.0 Å². The average molecular weight is 127 g/mol. The van der Waals surface area contributed by atoms with Gasteiger partial charge in [0.05, 0.1) is 0 Å². The Morgan fingerprint density at radius 3 is 2.22 bits per heavy atom. The Labute approximate surface area is 57.9 Å². The summed E-state index contributed by atoms with van der Waals surface area (Å²) in [6, 6.07) is 0.306. The van der Waals surface area contributed by atoms with Crippen LogP contribution in [0.5, 0.6) is 0 Å². The molecule has 1 heteroatoms. The van der Waals surface area contributed by atoms with Crippen molar-refractivity contribution < 1.29 is 0 Å². The zero-order chi connectivity index (χ0) is 7.28. The summed E-state index contributed by atoms with van der Waals surface area (Å²) in [5, 5.41) is 0. The molecule has 0 bridgehead atoms. The minimum atomic E-state index is 0.306. The summed E-state index contributed by atoms with van der Waals surface area (Å²) in [6.45, 7) is 6.35.